The Labute approximate surface area is 168 Å². The summed E-state index contributed by atoms with van der Waals surface area (Å²) in [6.07, 6.45) is -0.380. The highest BCUT2D eigenvalue weighted by Crippen LogP contribution is 2.15. The van der Waals surface area contributed by atoms with Crippen LogP contribution in [0.5, 0.6) is 0 Å². The third-order valence-electron chi connectivity index (χ3n) is 4.59. The van der Waals surface area contributed by atoms with Gasteiger partial charge >= 0.3 is 0 Å². The number of halogens is 2. The van der Waals surface area contributed by atoms with E-state index in [9.17, 15) is 19.1 Å². The van der Waals surface area contributed by atoms with E-state index in [-0.39, 0.29) is 18.4 Å². The number of benzene rings is 2. The number of carbonyl (C=O) groups excluding carboxylic acids is 2. The molecule has 0 heterocycles. The monoisotopic (exact) mass is 406 g/mol. The van der Waals surface area contributed by atoms with Crippen LogP contribution >= 0.6 is 11.6 Å². The van der Waals surface area contributed by atoms with Gasteiger partial charge in [0.1, 0.15) is 11.9 Å². The predicted molar refractivity (Wildman–Crippen MR) is 107 cm³/mol. The molecule has 0 spiro atoms. The summed E-state index contributed by atoms with van der Waals surface area (Å²) in [4.78, 5) is 25.1. The molecule has 0 aliphatic carbocycles. The van der Waals surface area contributed by atoms with Crippen LogP contribution < -0.4 is 10.6 Å². The summed E-state index contributed by atoms with van der Waals surface area (Å²) in [7, 11) is 0. The van der Waals surface area contributed by atoms with Crippen LogP contribution in [0.2, 0.25) is 5.02 Å². The number of aliphatic hydroxyl groups excluding tert-OH is 1. The molecule has 2 aromatic carbocycles. The van der Waals surface area contributed by atoms with Crippen molar-refractivity contribution in [3.8, 4) is 0 Å². The van der Waals surface area contributed by atoms with Crippen molar-refractivity contribution in [3.05, 3.63) is 70.5 Å². The number of aliphatic hydroxyl groups is 1. The van der Waals surface area contributed by atoms with Crippen LogP contribution in [0.4, 0.5) is 4.39 Å². The molecule has 150 valence electrons. The van der Waals surface area contributed by atoms with Gasteiger partial charge in [0.15, 0.2) is 0 Å². The van der Waals surface area contributed by atoms with Crippen molar-refractivity contribution in [1.29, 1.82) is 0 Å². The topological polar surface area (TPSA) is 78.4 Å². The van der Waals surface area contributed by atoms with Gasteiger partial charge in [-0.05, 0) is 47.9 Å². The van der Waals surface area contributed by atoms with Crippen LogP contribution in [0.15, 0.2) is 48.5 Å². The largest absolute Gasteiger partial charge is 0.387 e. The van der Waals surface area contributed by atoms with Gasteiger partial charge in [-0.1, -0.05) is 44.0 Å². The first-order chi connectivity index (χ1) is 13.3. The molecule has 3 atom stereocenters. The van der Waals surface area contributed by atoms with Crippen molar-refractivity contribution >= 4 is 23.4 Å². The molecule has 2 aromatic rings. The van der Waals surface area contributed by atoms with Crippen molar-refractivity contribution in [1.82, 2.24) is 10.6 Å². The van der Waals surface area contributed by atoms with Crippen molar-refractivity contribution < 1.29 is 19.1 Å². The van der Waals surface area contributed by atoms with Gasteiger partial charge < -0.3 is 15.7 Å². The van der Waals surface area contributed by atoms with Gasteiger partial charge in [-0.3, -0.25) is 9.59 Å². The first-order valence-electron chi connectivity index (χ1n) is 9.09. The Balaban J connectivity index is 2.02. The van der Waals surface area contributed by atoms with E-state index in [1.807, 2.05) is 13.8 Å². The van der Waals surface area contributed by atoms with Crippen molar-refractivity contribution in [2.75, 3.05) is 6.54 Å². The predicted octanol–water partition coefficient (Wildman–Crippen LogP) is 3.47. The molecule has 3 unspecified atom stereocenters. The highest BCUT2D eigenvalue weighted by atomic mass is 35.5. The SMILES string of the molecule is CCC(C)C(NC(=O)c1ccc(Cl)cc1)C(=O)NCC(O)c1cccc(F)c1. The molecule has 7 heteroatoms. The summed E-state index contributed by atoms with van der Waals surface area (Å²) in [5.74, 6) is -1.38. The van der Waals surface area contributed by atoms with Gasteiger partial charge in [-0.15, -0.1) is 0 Å². The summed E-state index contributed by atoms with van der Waals surface area (Å²) < 4.78 is 13.3. The van der Waals surface area contributed by atoms with Crippen LogP contribution in [0.25, 0.3) is 0 Å². The minimum Gasteiger partial charge on any atom is -0.387 e. The standard InChI is InChI=1S/C21H24ClFN2O3/c1-3-13(2)19(25-20(27)14-7-9-16(22)10-8-14)21(28)24-12-18(26)15-5-4-6-17(23)11-15/h4-11,13,18-19,26H,3,12H2,1-2H3,(H,24,28)(H,25,27). The number of rotatable bonds is 8. The van der Waals surface area contributed by atoms with Crippen LogP contribution in [0.3, 0.4) is 0 Å². The van der Waals surface area contributed by atoms with E-state index < -0.39 is 23.9 Å². The van der Waals surface area contributed by atoms with E-state index >= 15 is 0 Å². The fourth-order valence-electron chi connectivity index (χ4n) is 2.67. The second-order valence-corrected chi connectivity index (χ2v) is 7.10. The van der Waals surface area contributed by atoms with Crippen LogP contribution in [0.1, 0.15) is 42.3 Å². The third-order valence-corrected chi connectivity index (χ3v) is 4.84. The quantitative estimate of drug-likeness (QED) is 0.628. The Bertz CT molecular complexity index is 814. The first kappa shape index (κ1) is 21.9. The normalized spacial score (nSPS) is 14.0. The molecule has 0 aromatic heterocycles. The molecular weight excluding hydrogens is 383 g/mol. The van der Waals surface area contributed by atoms with E-state index in [4.69, 9.17) is 11.6 Å². The Hall–Kier alpha value is -2.44. The summed E-state index contributed by atoms with van der Waals surface area (Å²) in [6, 6.07) is 11.2. The molecule has 0 radical (unpaired) electrons. The number of hydrogen-bond acceptors (Lipinski definition) is 3. The Morgan fingerprint density at radius 2 is 1.86 bits per heavy atom. The fraction of sp³-hybridized carbons (Fsp3) is 0.333. The number of hydrogen-bond donors (Lipinski definition) is 3. The lowest BCUT2D eigenvalue weighted by Gasteiger charge is -2.24. The summed E-state index contributed by atoms with van der Waals surface area (Å²) in [5, 5.41) is 16.1. The maximum Gasteiger partial charge on any atom is 0.251 e. The maximum absolute atomic E-state index is 13.3. The molecule has 0 bridgehead atoms. The molecule has 2 amide bonds. The minimum absolute atomic E-state index is 0.0912. The lowest BCUT2D eigenvalue weighted by atomic mass is 9.97. The molecule has 3 N–H and O–H groups in total. The van der Waals surface area contributed by atoms with Crippen LogP contribution in [-0.2, 0) is 4.79 Å². The number of nitrogens with one attached hydrogen (secondary N) is 2. The lowest BCUT2D eigenvalue weighted by Crippen LogP contribution is -2.50. The van der Waals surface area contributed by atoms with E-state index in [0.717, 1.165) is 0 Å². The van der Waals surface area contributed by atoms with Crippen molar-refractivity contribution in [3.63, 3.8) is 0 Å². The molecule has 0 aliphatic heterocycles. The zero-order valence-electron chi connectivity index (χ0n) is 15.8. The van der Waals surface area contributed by atoms with Gasteiger partial charge in [-0.25, -0.2) is 4.39 Å². The lowest BCUT2D eigenvalue weighted by molar-refractivity contribution is -0.124. The van der Waals surface area contributed by atoms with Gasteiger partial charge in [-0.2, -0.15) is 0 Å². The number of amides is 2. The molecule has 0 saturated carbocycles. The molecular formula is C21H24ClFN2O3. The highest BCUT2D eigenvalue weighted by Gasteiger charge is 2.26. The van der Waals surface area contributed by atoms with Gasteiger partial charge in [0.2, 0.25) is 5.91 Å². The average Bonchev–Trinajstić information content (AvgIpc) is 2.69. The zero-order valence-corrected chi connectivity index (χ0v) is 16.5. The van der Waals surface area contributed by atoms with E-state index in [1.54, 1.807) is 30.3 Å². The minimum atomic E-state index is -1.05. The Morgan fingerprint density at radius 1 is 1.18 bits per heavy atom. The number of carbonyl (C=O) groups is 2. The Kier molecular flexibility index (Phi) is 7.96. The van der Waals surface area contributed by atoms with E-state index in [2.05, 4.69) is 10.6 Å². The first-order valence-corrected chi connectivity index (χ1v) is 9.47. The van der Waals surface area contributed by atoms with Crippen molar-refractivity contribution in [2.45, 2.75) is 32.4 Å². The van der Waals surface area contributed by atoms with E-state index in [1.165, 1.54) is 18.2 Å². The van der Waals surface area contributed by atoms with Crippen LogP contribution in [0, 0.1) is 11.7 Å². The molecule has 0 saturated heterocycles. The van der Waals surface area contributed by atoms with Crippen LogP contribution in [-0.4, -0.2) is 29.5 Å². The molecule has 28 heavy (non-hydrogen) atoms. The highest BCUT2D eigenvalue weighted by molar-refractivity contribution is 6.30. The van der Waals surface area contributed by atoms with Crippen molar-refractivity contribution in [2.24, 2.45) is 5.92 Å². The second-order valence-electron chi connectivity index (χ2n) is 6.66. The van der Waals surface area contributed by atoms with Gasteiger partial charge in [0.05, 0.1) is 6.10 Å². The smallest absolute Gasteiger partial charge is 0.251 e. The Morgan fingerprint density at radius 3 is 2.46 bits per heavy atom. The molecule has 2 rings (SSSR count). The van der Waals surface area contributed by atoms with E-state index in [0.29, 0.717) is 22.6 Å². The van der Waals surface area contributed by atoms with Gasteiger partial charge in [0.25, 0.3) is 5.91 Å². The third kappa shape index (κ3) is 6.04. The average molecular weight is 407 g/mol. The summed E-state index contributed by atoms with van der Waals surface area (Å²) in [6.45, 7) is 3.68. The maximum atomic E-state index is 13.3. The second kappa shape index (κ2) is 10.2. The van der Waals surface area contributed by atoms with Gasteiger partial charge in [0, 0.05) is 17.1 Å². The zero-order chi connectivity index (χ0) is 20.7. The molecule has 5 nitrogen and oxygen atoms in total. The summed E-state index contributed by atoms with van der Waals surface area (Å²) >= 11 is 5.83. The summed E-state index contributed by atoms with van der Waals surface area (Å²) in [5.41, 5.74) is 0.760. The molecule has 0 aliphatic rings. The fourth-order valence-corrected chi connectivity index (χ4v) is 2.79. The molecule has 0 fully saturated rings.